The number of benzene rings is 3. The number of pyridine rings is 1. The number of methoxy groups -OCH3 is 1. The number of unbranched alkanes of at least 4 members (excludes halogenated alkanes) is 1. The Balaban J connectivity index is 1.53. The highest BCUT2D eigenvalue weighted by Gasteiger charge is 2.20. The van der Waals surface area contributed by atoms with Crippen LogP contribution in [-0.4, -0.2) is 55.7 Å². The lowest BCUT2D eigenvalue weighted by Crippen LogP contribution is -2.33. The molecule has 0 bridgehead atoms. The number of carbonyl (C=O) groups is 3. The van der Waals surface area contributed by atoms with Crippen molar-refractivity contribution in [3.8, 4) is 16.9 Å². The zero-order valence-corrected chi connectivity index (χ0v) is 26.0. The number of amides is 3. The van der Waals surface area contributed by atoms with Crippen LogP contribution in [0.3, 0.4) is 0 Å². The Kier molecular flexibility index (Phi) is 10.6. The number of anilines is 2. The third kappa shape index (κ3) is 8.47. The predicted octanol–water partition coefficient (Wildman–Crippen LogP) is 6.19. The molecule has 3 aromatic carbocycles. The summed E-state index contributed by atoms with van der Waals surface area (Å²) in [5.74, 6) is -1.11. The van der Waals surface area contributed by atoms with E-state index in [1.807, 2.05) is 30.3 Å². The zero-order valence-electron chi connectivity index (χ0n) is 26.0. The topological polar surface area (TPSA) is 131 Å². The summed E-state index contributed by atoms with van der Waals surface area (Å²) in [4.78, 5) is 41.7. The Hall–Kier alpha value is -5.19. The summed E-state index contributed by atoms with van der Waals surface area (Å²) in [6.45, 7) is 6.06. The first-order valence-corrected chi connectivity index (χ1v) is 14.6. The molecule has 0 aliphatic heterocycles. The Morgan fingerprint density at radius 2 is 1.60 bits per heavy atom. The summed E-state index contributed by atoms with van der Waals surface area (Å²) in [7, 11) is 3.05. The van der Waals surface area contributed by atoms with Crippen molar-refractivity contribution >= 4 is 40.2 Å². The van der Waals surface area contributed by atoms with Crippen molar-refractivity contribution in [1.82, 2.24) is 20.9 Å². The van der Waals surface area contributed by atoms with Crippen LogP contribution >= 0.6 is 0 Å². The first-order chi connectivity index (χ1) is 21.5. The molecule has 4 aromatic rings. The molecule has 0 unspecified atom stereocenters. The zero-order chi connectivity index (χ0) is 32.6. The fraction of sp³-hybridized carbons (Fsp3) is 0.294. The van der Waals surface area contributed by atoms with Gasteiger partial charge in [-0.3, -0.25) is 14.6 Å². The number of rotatable bonds is 11. The fourth-order valence-electron chi connectivity index (χ4n) is 4.64. The van der Waals surface area contributed by atoms with E-state index >= 15 is 4.39 Å². The molecule has 4 rings (SSSR count). The molecule has 4 N–H and O–H groups in total. The minimum Gasteiger partial charge on any atom is -0.496 e. The van der Waals surface area contributed by atoms with Crippen molar-refractivity contribution < 1.29 is 28.2 Å². The lowest BCUT2D eigenvalue weighted by atomic mass is 9.98. The second-order valence-electron chi connectivity index (χ2n) is 11.3. The van der Waals surface area contributed by atoms with Gasteiger partial charge in [-0.15, -0.1) is 0 Å². The number of carbonyl (C=O) groups excluding carboxylic acids is 3. The number of fused-ring (bicyclic) bond motifs is 1. The van der Waals surface area contributed by atoms with Gasteiger partial charge in [0, 0.05) is 49.0 Å². The molecule has 45 heavy (non-hydrogen) atoms. The van der Waals surface area contributed by atoms with Gasteiger partial charge in [-0.1, -0.05) is 24.3 Å². The molecule has 3 amide bonds. The van der Waals surface area contributed by atoms with Crippen LogP contribution in [0, 0.1) is 5.82 Å². The van der Waals surface area contributed by atoms with Gasteiger partial charge < -0.3 is 30.7 Å². The number of alkyl carbamates (subject to hydrolysis) is 1. The third-order valence-corrected chi connectivity index (χ3v) is 6.79. The third-order valence-electron chi connectivity index (χ3n) is 6.79. The number of hydrogen-bond acceptors (Lipinski definition) is 7. The fourth-order valence-corrected chi connectivity index (χ4v) is 4.64. The average Bonchev–Trinajstić information content (AvgIpc) is 3.01. The summed E-state index contributed by atoms with van der Waals surface area (Å²) in [6.07, 6.45) is 2.20. The smallest absolute Gasteiger partial charge is 0.407 e. The van der Waals surface area contributed by atoms with Crippen molar-refractivity contribution in [2.24, 2.45) is 0 Å². The quantitative estimate of drug-likeness (QED) is 0.148. The number of nitrogens with zero attached hydrogens (tertiary/aromatic N) is 1. The molecule has 1 aromatic heterocycles. The molecule has 0 aliphatic carbocycles. The molecule has 10 nitrogen and oxygen atoms in total. The minimum atomic E-state index is -0.696. The van der Waals surface area contributed by atoms with Gasteiger partial charge in [0.05, 0.1) is 29.4 Å². The number of hydrogen-bond donors (Lipinski definition) is 4. The van der Waals surface area contributed by atoms with Crippen LogP contribution in [0.25, 0.3) is 22.0 Å². The van der Waals surface area contributed by atoms with E-state index < -0.39 is 23.4 Å². The molecule has 0 atom stereocenters. The maximum absolute atomic E-state index is 15.3. The second-order valence-corrected chi connectivity index (χ2v) is 11.3. The van der Waals surface area contributed by atoms with Crippen LogP contribution in [0.1, 0.15) is 54.3 Å². The van der Waals surface area contributed by atoms with Crippen LogP contribution in [0.5, 0.6) is 5.75 Å². The largest absolute Gasteiger partial charge is 0.496 e. The summed E-state index contributed by atoms with van der Waals surface area (Å²) < 4.78 is 26.2. The molecule has 11 heteroatoms. The van der Waals surface area contributed by atoms with E-state index in [2.05, 4.69) is 26.3 Å². The Morgan fingerprint density at radius 1 is 0.889 bits per heavy atom. The maximum Gasteiger partial charge on any atom is 0.407 e. The molecule has 0 aliphatic rings. The highest BCUT2D eigenvalue weighted by molar-refractivity contribution is 6.09. The standard InChI is InChI=1S/C34H38FN5O5/c1-34(2,3)45-33(43)38-16-10-9-15-37-32(42)23-14-13-21(17-27(23)35)24-18-25-28(19-29(24)44-5)39-20-26(31(41)36-4)30(25)40-22-11-7-6-8-12-22/h6-8,11-14,17-20H,9-10,15-16H2,1-5H3,(H,36,41)(H,37,42)(H,38,43)(H,39,40). The average molecular weight is 616 g/mol. The predicted molar refractivity (Wildman–Crippen MR) is 173 cm³/mol. The van der Waals surface area contributed by atoms with Crippen LogP contribution < -0.4 is 26.0 Å². The molecule has 0 fully saturated rings. The van der Waals surface area contributed by atoms with Crippen LogP contribution in [0.15, 0.2) is 66.9 Å². The number of halogens is 1. The molecule has 1 heterocycles. The SMILES string of the molecule is CNC(=O)c1cnc2cc(OC)c(-c3ccc(C(=O)NCCCCNC(=O)OC(C)(C)C)c(F)c3)cc2c1Nc1ccccc1. The molecule has 0 radical (unpaired) electrons. The number of nitrogens with one attached hydrogen (secondary N) is 4. The minimum absolute atomic E-state index is 0.0969. The monoisotopic (exact) mass is 615 g/mol. The van der Waals surface area contributed by atoms with E-state index in [0.29, 0.717) is 65.0 Å². The van der Waals surface area contributed by atoms with E-state index in [1.54, 1.807) is 46.0 Å². The van der Waals surface area contributed by atoms with Gasteiger partial charge in [-0.25, -0.2) is 9.18 Å². The van der Waals surface area contributed by atoms with E-state index in [9.17, 15) is 14.4 Å². The van der Waals surface area contributed by atoms with Gasteiger partial charge in [-0.2, -0.15) is 0 Å². The van der Waals surface area contributed by atoms with Crippen molar-refractivity contribution in [2.45, 2.75) is 39.2 Å². The van der Waals surface area contributed by atoms with E-state index in [0.717, 1.165) is 5.69 Å². The molecule has 0 saturated carbocycles. The highest BCUT2D eigenvalue weighted by Crippen LogP contribution is 2.38. The number of aromatic nitrogens is 1. The maximum atomic E-state index is 15.3. The van der Waals surface area contributed by atoms with Crippen molar-refractivity contribution in [3.05, 3.63) is 83.8 Å². The Morgan fingerprint density at radius 3 is 2.24 bits per heavy atom. The van der Waals surface area contributed by atoms with Crippen LogP contribution in [0.2, 0.25) is 0 Å². The first kappa shape index (κ1) is 32.7. The normalized spacial score (nSPS) is 11.1. The Labute approximate surface area is 261 Å². The van der Waals surface area contributed by atoms with Gasteiger partial charge in [0.1, 0.15) is 17.2 Å². The molecule has 0 saturated heterocycles. The molecular weight excluding hydrogens is 577 g/mol. The van der Waals surface area contributed by atoms with Crippen molar-refractivity contribution in [3.63, 3.8) is 0 Å². The Bertz CT molecular complexity index is 1690. The number of ether oxygens (including phenoxy) is 2. The first-order valence-electron chi connectivity index (χ1n) is 14.6. The molecule has 0 spiro atoms. The van der Waals surface area contributed by atoms with Crippen LogP contribution in [0.4, 0.5) is 20.6 Å². The second kappa shape index (κ2) is 14.5. The van der Waals surface area contributed by atoms with E-state index in [-0.39, 0.29) is 11.5 Å². The summed E-state index contributed by atoms with van der Waals surface area (Å²) in [6, 6.07) is 17.3. The number of para-hydroxylation sites is 1. The van der Waals surface area contributed by atoms with E-state index in [4.69, 9.17) is 9.47 Å². The van der Waals surface area contributed by atoms with E-state index in [1.165, 1.54) is 25.4 Å². The van der Waals surface area contributed by atoms with Gasteiger partial charge in [0.25, 0.3) is 11.8 Å². The van der Waals surface area contributed by atoms with Gasteiger partial charge >= 0.3 is 6.09 Å². The summed E-state index contributed by atoms with van der Waals surface area (Å²) >= 11 is 0. The van der Waals surface area contributed by atoms with Gasteiger partial charge in [0.2, 0.25) is 0 Å². The highest BCUT2D eigenvalue weighted by atomic mass is 19.1. The van der Waals surface area contributed by atoms with Crippen LogP contribution in [-0.2, 0) is 4.74 Å². The summed E-state index contributed by atoms with van der Waals surface area (Å²) in [5, 5.41) is 12.0. The summed E-state index contributed by atoms with van der Waals surface area (Å²) in [5.41, 5.74) is 2.57. The molecule has 236 valence electrons. The van der Waals surface area contributed by atoms with Crippen molar-refractivity contribution in [1.29, 1.82) is 0 Å². The van der Waals surface area contributed by atoms with Crippen molar-refractivity contribution in [2.75, 3.05) is 32.6 Å². The van der Waals surface area contributed by atoms with Gasteiger partial charge in [-0.05, 0) is 69.5 Å². The lowest BCUT2D eigenvalue weighted by Gasteiger charge is -2.19. The van der Waals surface area contributed by atoms with Gasteiger partial charge in [0.15, 0.2) is 0 Å². The lowest BCUT2D eigenvalue weighted by molar-refractivity contribution is 0.0526. The molecular formula is C34H38FN5O5.